The van der Waals surface area contributed by atoms with Gasteiger partial charge in [-0.15, -0.1) is 24.0 Å². The zero-order chi connectivity index (χ0) is 22.4. The Hall–Kier alpha value is -2.11. The van der Waals surface area contributed by atoms with Crippen molar-refractivity contribution in [2.75, 3.05) is 24.5 Å². The van der Waals surface area contributed by atoms with E-state index in [2.05, 4.69) is 46.1 Å². The highest BCUT2D eigenvalue weighted by atomic mass is 127. The van der Waals surface area contributed by atoms with E-state index in [1.165, 1.54) is 0 Å². The third-order valence-electron chi connectivity index (χ3n) is 4.96. The maximum Gasteiger partial charge on any atom is 0.387 e. The van der Waals surface area contributed by atoms with Crippen LogP contribution >= 0.6 is 24.0 Å². The number of benzene rings is 1. The molecule has 0 aliphatic carbocycles. The summed E-state index contributed by atoms with van der Waals surface area (Å²) < 4.78 is 35.9. The highest BCUT2D eigenvalue weighted by molar-refractivity contribution is 14.0. The summed E-state index contributed by atoms with van der Waals surface area (Å²) in [5, 5.41) is 6.66. The molecule has 3 rings (SSSR count). The molecule has 10 heteroatoms. The molecule has 2 heterocycles. The van der Waals surface area contributed by atoms with E-state index in [-0.39, 0.29) is 41.2 Å². The molecule has 0 radical (unpaired) electrons. The minimum atomic E-state index is -2.85. The number of nitrogens with one attached hydrogen (secondary N) is 2. The Morgan fingerprint density at radius 1 is 1.34 bits per heavy atom. The molecule has 1 unspecified atom stereocenters. The molecule has 32 heavy (non-hydrogen) atoms. The number of aromatic nitrogens is 1. The average Bonchev–Trinajstić information content (AvgIpc) is 3.36. The quantitative estimate of drug-likeness (QED) is 0.293. The second-order valence-electron chi connectivity index (χ2n) is 8.49. The van der Waals surface area contributed by atoms with Gasteiger partial charge in [0, 0.05) is 31.1 Å². The van der Waals surface area contributed by atoms with Gasteiger partial charge in [-0.1, -0.05) is 32.9 Å². The summed E-state index contributed by atoms with van der Waals surface area (Å²) >= 11 is 0. The van der Waals surface area contributed by atoms with Crippen molar-refractivity contribution >= 4 is 35.6 Å². The summed E-state index contributed by atoms with van der Waals surface area (Å²) in [5.41, 5.74) is 0.568. The van der Waals surface area contributed by atoms with Crippen LogP contribution in [-0.4, -0.2) is 43.2 Å². The fourth-order valence-corrected chi connectivity index (χ4v) is 3.40. The van der Waals surface area contributed by atoms with E-state index in [1.807, 2.05) is 17.9 Å². The second kappa shape index (κ2) is 11.7. The number of anilines is 1. The minimum Gasteiger partial charge on any atom is -0.443 e. The maximum absolute atomic E-state index is 12.7. The predicted molar refractivity (Wildman–Crippen MR) is 132 cm³/mol. The number of para-hydroxylation sites is 2. The second-order valence-corrected chi connectivity index (χ2v) is 8.49. The third-order valence-corrected chi connectivity index (χ3v) is 4.96. The van der Waals surface area contributed by atoms with Crippen molar-refractivity contribution in [1.82, 2.24) is 15.6 Å². The molecule has 1 aliphatic rings. The molecule has 7 nitrogen and oxygen atoms in total. The third kappa shape index (κ3) is 7.21. The fraction of sp³-hybridized carbons (Fsp3) is 0.545. The van der Waals surface area contributed by atoms with Crippen molar-refractivity contribution in [1.29, 1.82) is 0 Å². The van der Waals surface area contributed by atoms with Gasteiger partial charge in [-0.25, -0.2) is 9.98 Å². The summed E-state index contributed by atoms with van der Waals surface area (Å²) in [6.45, 7) is 7.79. The molecule has 1 aromatic carbocycles. The number of rotatable bonds is 7. The largest absolute Gasteiger partial charge is 0.443 e. The standard InChI is InChI=1S/C22H31F2N5O2.HI/c1-5-25-21(27-13-19-26-12-18(31-19)22(2,3)4)28-15-10-11-29(14-15)16-8-6-7-9-17(16)30-20(23)24;/h6-9,12,15,20H,5,10-11,13-14H2,1-4H3,(H2,25,27,28);1H. The van der Waals surface area contributed by atoms with Crippen LogP contribution in [0.3, 0.4) is 0 Å². The first kappa shape index (κ1) is 26.1. The zero-order valence-corrected chi connectivity index (χ0v) is 21.2. The first-order valence-corrected chi connectivity index (χ1v) is 10.5. The molecule has 1 aliphatic heterocycles. The van der Waals surface area contributed by atoms with Crippen LogP contribution < -0.4 is 20.3 Å². The van der Waals surface area contributed by atoms with Crippen molar-refractivity contribution in [3.8, 4) is 5.75 Å². The summed E-state index contributed by atoms with van der Waals surface area (Å²) in [6, 6.07) is 7.00. The molecule has 0 spiro atoms. The van der Waals surface area contributed by atoms with E-state index < -0.39 is 6.61 Å². The maximum atomic E-state index is 12.7. The van der Waals surface area contributed by atoms with Gasteiger partial charge in [0.25, 0.3) is 0 Å². The lowest BCUT2D eigenvalue weighted by atomic mass is 9.94. The molecule has 178 valence electrons. The van der Waals surface area contributed by atoms with Crippen LogP contribution in [0.4, 0.5) is 14.5 Å². The number of halogens is 3. The average molecular weight is 563 g/mol. The minimum absolute atomic E-state index is 0. The summed E-state index contributed by atoms with van der Waals surface area (Å²) in [7, 11) is 0. The van der Waals surface area contributed by atoms with Crippen molar-refractivity contribution in [2.45, 2.75) is 58.7 Å². The smallest absolute Gasteiger partial charge is 0.387 e. The summed E-state index contributed by atoms with van der Waals surface area (Å²) in [5.74, 6) is 2.25. The van der Waals surface area contributed by atoms with Crippen LogP contribution in [0.25, 0.3) is 0 Å². The van der Waals surface area contributed by atoms with Crippen LogP contribution in [0.5, 0.6) is 5.75 Å². The Labute approximate surface area is 205 Å². The van der Waals surface area contributed by atoms with E-state index in [1.54, 1.807) is 24.4 Å². The molecular formula is C22H32F2IN5O2. The highest BCUT2D eigenvalue weighted by Crippen LogP contribution is 2.31. The van der Waals surface area contributed by atoms with Crippen LogP contribution in [0.15, 0.2) is 39.9 Å². The molecule has 0 saturated carbocycles. The summed E-state index contributed by atoms with van der Waals surface area (Å²) in [6.07, 6.45) is 2.60. The molecule has 2 N–H and O–H groups in total. The number of ether oxygens (including phenoxy) is 1. The Morgan fingerprint density at radius 2 is 2.09 bits per heavy atom. The number of hydrogen-bond donors (Lipinski definition) is 2. The number of oxazole rings is 1. The van der Waals surface area contributed by atoms with Crippen LogP contribution in [-0.2, 0) is 12.0 Å². The molecular weight excluding hydrogens is 531 g/mol. The van der Waals surface area contributed by atoms with Gasteiger partial charge in [-0.2, -0.15) is 8.78 Å². The molecule has 1 atom stereocenters. The molecule has 0 amide bonds. The monoisotopic (exact) mass is 563 g/mol. The number of aliphatic imine (C=N–C) groups is 1. The van der Waals surface area contributed by atoms with E-state index in [0.717, 1.165) is 18.7 Å². The lowest BCUT2D eigenvalue weighted by molar-refractivity contribution is -0.0495. The van der Waals surface area contributed by atoms with E-state index in [9.17, 15) is 8.78 Å². The van der Waals surface area contributed by atoms with E-state index in [4.69, 9.17) is 4.42 Å². The van der Waals surface area contributed by atoms with Crippen molar-refractivity contribution in [3.63, 3.8) is 0 Å². The van der Waals surface area contributed by atoms with Gasteiger partial charge in [-0.3, -0.25) is 0 Å². The van der Waals surface area contributed by atoms with Crippen LogP contribution in [0.1, 0.15) is 45.8 Å². The van der Waals surface area contributed by atoms with Crippen LogP contribution in [0, 0.1) is 0 Å². The highest BCUT2D eigenvalue weighted by Gasteiger charge is 2.26. The lowest BCUT2D eigenvalue weighted by Crippen LogP contribution is -2.44. The van der Waals surface area contributed by atoms with E-state index in [0.29, 0.717) is 37.2 Å². The zero-order valence-electron chi connectivity index (χ0n) is 18.9. The number of nitrogens with zero attached hydrogens (tertiary/aromatic N) is 3. The first-order chi connectivity index (χ1) is 14.8. The Morgan fingerprint density at radius 3 is 2.75 bits per heavy atom. The Balaban J connectivity index is 0.00000363. The van der Waals surface area contributed by atoms with Gasteiger partial charge in [-0.05, 0) is 25.5 Å². The van der Waals surface area contributed by atoms with Crippen molar-refractivity contribution in [3.05, 3.63) is 42.1 Å². The van der Waals surface area contributed by atoms with Gasteiger partial charge in [0.15, 0.2) is 5.96 Å². The molecule has 1 saturated heterocycles. The van der Waals surface area contributed by atoms with Gasteiger partial charge < -0.3 is 24.7 Å². The molecule has 1 aromatic heterocycles. The number of guanidine groups is 1. The Kier molecular flexibility index (Phi) is 9.53. The van der Waals surface area contributed by atoms with Crippen LogP contribution in [0.2, 0.25) is 0 Å². The molecule has 0 bridgehead atoms. The lowest BCUT2D eigenvalue weighted by Gasteiger charge is -2.22. The SMILES string of the molecule is CCNC(=NCc1ncc(C(C)(C)C)o1)NC1CCN(c2ccccc2OC(F)F)C1.I. The van der Waals surface area contributed by atoms with Crippen molar-refractivity contribution in [2.24, 2.45) is 4.99 Å². The summed E-state index contributed by atoms with van der Waals surface area (Å²) in [4.78, 5) is 11.0. The number of alkyl halides is 2. The van der Waals surface area contributed by atoms with Crippen molar-refractivity contribution < 1.29 is 17.9 Å². The number of hydrogen-bond acceptors (Lipinski definition) is 5. The van der Waals surface area contributed by atoms with E-state index >= 15 is 0 Å². The fourth-order valence-electron chi connectivity index (χ4n) is 3.40. The normalized spacial score (nSPS) is 16.8. The Bertz CT molecular complexity index is 885. The van der Waals surface area contributed by atoms with Gasteiger partial charge in [0.2, 0.25) is 5.89 Å². The van der Waals surface area contributed by atoms with Gasteiger partial charge in [0.05, 0.1) is 11.9 Å². The van der Waals surface area contributed by atoms with Gasteiger partial charge >= 0.3 is 6.61 Å². The molecule has 1 fully saturated rings. The molecule has 2 aromatic rings. The van der Waals surface area contributed by atoms with Gasteiger partial charge in [0.1, 0.15) is 18.1 Å². The topological polar surface area (TPSA) is 74.9 Å². The predicted octanol–water partition coefficient (Wildman–Crippen LogP) is 4.53. The first-order valence-electron chi connectivity index (χ1n) is 10.5.